The minimum atomic E-state index is -0.428. The summed E-state index contributed by atoms with van der Waals surface area (Å²) in [5.41, 5.74) is -0.102. The van der Waals surface area contributed by atoms with Crippen LogP contribution in [-0.4, -0.2) is 66.0 Å². The molecule has 0 N–H and O–H groups in total. The molecular formula is C15H26N2O4S. The highest BCUT2D eigenvalue weighted by molar-refractivity contribution is 7.99. The minimum absolute atomic E-state index is 0.0113. The van der Waals surface area contributed by atoms with Gasteiger partial charge in [-0.2, -0.15) is 0 Å². The molecule has 1 heterocycles. The van der Waals surface area contributed by atoms with E-state index in [1.807, 2.05) is 20.8 Å². The van der Waals surface area contributed by atoms with E-state index in [1.165, 1.54) is 12.0 Å². The normalized spacial score (nSPS) is 18.2. The Labute approximate surface area is 136 Å². The van der Waals surface area contributed by atoms with Crippen LogP contribution in [0.15, 0.2) is 0 Å². The van der Waals surface area contributed by atoms with Gasteiger partial charge in [0.05, 0.1) is 19.4 Å². The second-order valence-corrected chi connectivity index (χ2v) is 7.70. The monoisotopic (exact) mass is 330 g/mol. The van der Waals surface area contributed by atoms with Crippen LogP contribution in [0, 0.1) is 5.41 Å². The Hall–Kier alpha value is -1.24. The molecule has 1 saturated heterocycles. The Morgan fingerprint density at radius 3 is 2.50 bits per heavy atom. The van der Waals surface area contributed by atoms with Gasteiger partial charge in [-0.05, 0) is 5.41 Å². The molecule has 7 heteroatoms. The Morgan fingerprint density at radius 2 is 1.95 bits per heavy atom. The van der Waals surface area contributed by atoms with Gasteiger partial charge in [0.2, 0.25) is 11.8 Å². The molecule has 0 spiro atoms. The zero-order valence-electron chi connectivity index (χ0n) is 14.0. The predicted octanol–water partition coefficient (Wildman–Crippen LogP) is 1.35. The fourth-order valence-electron chi connectivity index (χ4n) is 2.17. The van der Waals surface area contributed by atoms with E-state index in [0.717, 1.165) is 0 Å². The van der Waals surface area contributed by atoms with E-state index in [1.54, 1.807) is 23.7 Å². The quantitative estimate of drug-likeness (QED) is 0.712. The molecule has 1 atom stereocenters. The summed E-state index contributed by atoms with van der Waals surface area (Å²) in [4.78, 5) is 39.2. The molecule has 0 aliphatic carbocycles. The summed E-state index contributed by atoms with van der Waals surface area (Å²) in [6.45, 7) is 6.32. The average Bonchev–Trinajstić information content (AvgIpc) is 2.90. The number of carbonyl (C=O) groups is 3. The van der Waals surface area contributed by atoms with Gasteiger partial charge in [0.25, 0.3) is 0 Å². The Kier molecular flexibility index (Phi) is 6.71. The van der Waals surface area contributed by atoms with Crippen molar-refractivity contribution in [1.29, 1.82) is 0 Å². The zero-order chi connectivity index (χ0) is 16.9. The molecule has 2 amide bonds. The fraction of sp³-hybridized carbons (Fsp3) is 0.800. The second kappa shape index (κ2) is 7.85. The number of hydrogen-bond donors (Lipinski definition) is 0. The molecule has 0 saturated carbocycles. The molecule has 1 fully saturated rings. The van der Waals surface area contributed by atoms with Crippen LogP contribution in [0.3, 0.4) is 0 Å². The fourth-order valence-corrected chi connectivity index (χ4v) is 3.35. The van der Waals surface area contributed by atoms with Crippen LogP contribution in [0.1, 0.15) is 33.6 Å². The van der Waals surface area contributed by atoms with Crippen molar-refractivity contribution in [3.8, 4) is 0 Å². The van der Waals surface area contributed by atoms with Crippen molar-refractivity contribution in [2.75, 3.05) is 32.3 Å². The van der Waals surface area contributed by atoms with Crippen molar-refractivity contribution in [3.05, 3.63) is 0 Å². The molecule has 0 aromatic carbocycles. The summed E-state index contributed by atoms with van der Waals surface area (Å²) in [6, 6.07) is -0.428. The van der Waals surface area contributed by atoms with Gasteiger partial charge in [-0.1, -0.05) is 20.8 Å². The number of amides is 2. The van der Waals surface area contributed by atoms with E-state index in [2.05, 4.69) is 4.74 Å². The number of nitrogens with zero attached hydrogens (tertiary/aromatic N) is 2. The highest BCUT2D eigenvalue weighted by atomic mass is 32.2. The molecule has 1 rings (SSSR count). The molecule has 1 aliphatic rings. The van der Waals surface area contributed by atoms with Crippen molar-refractivity contribution < 1.29 is 19.1 Å². The SMILES string of the molecule is COC(=O)CCN(C)C(=O)[C@H]1CSCN1C(=O)CC(C)(C)C. The number of hydrogen-bond acceptors (Lipinski definition) is 5. The van der Waals surface area contributed by atoms with Gasteiger partial charge < -0.3 is 14.5 Å². The van der Waals surface area contributed by atoms with Gasteiger partial charge in [-0.3, -0.25) is 14.4 Å². The maximum absolute atomic E-state index is 12.5. The van der Waals surface area contributed by atoms with Gasteiger partial charge in [0.1, 0.15) is 6.04 Å². The lowest BCUT2D eigenvalue weighted by molar-refractivity contribution is -0.145. The van der Waals surface area contributed by atoms with E-state index in [0.29, 0.717) is 24.6 Å². The highest BCUT2D eigenvalue weighted by Crippen LogP contribution is 2.27. The largest absolute Gasteiger partial charge is 0.469 e. The van der Waals surface area contributed by atoms with Crippen LogP contribution in [0.25, 0.3) is 0 Å². The first-order valence-electron chi connectivity index (χ1n) is 7.34. The highest BCUT2D eigenvalue weighted by Gasteiger charge is 2.37. The lowest BCUT2D eigenvalue weighted by Gasteiger charge is -2.29. The Morgan fingerprint density at radius 1 is 1.32 bits per heavy atom. The summed E-state index contributed by atoms with van der Waals surface area (Å²) >= 11 is 1.59. The summed E-state index contributed by atoms with van der Waals surface area (Å²) in [6.07, 6.45) is 0.581. The number of carbonyl (C=O) groups excluding carboxylic acids is 3. The van der Waals surface area contributed by atoms with Gasteiger partial charge in [0.15, 0.2) is 0 Å². The van der Waals surface area contributed by atoms with E-state index in [4.69, 9.17) is 0 Å². The van der Waals surface area contributed by atoms with E-state index in [-0.39, 0.29) is 29.6 Å². The number of thioether (sulfide) groups is 1. The van der Waals surface area contributed by atoms with Crippen LogP contribution in [0.2, 0.25) is 0 Å². The van der Waals surface area contributed by atoms with Gasteiger partial charge in [-0.15, -0.1) is 11.8 Å². The molecule has 22 heavy (non-hydrogen) atoms. The summed E-state index contributed by atoms with van der Waals surface area (Å²) in [5.74, 6) is 0.711. The van der Waals surface area contributed by atoms with Crippen LogP contribution in [-0.2, 0) is 19.1 Å². The first-order valence-corrected chi connectivity index (χ1v) is 8.50. The topological polar surface area (TPSA) is 66.9 Å². The smallest absolute Gasteiger partial charge is 0.307 e. The molecule has 0 unspecified atom stereocenters. The molecule has 1 aliphatic heterocycles. The van der Waals surface area contributed by atoms with Crippen molar-refractivity contribution in [2.24, 2.45) is 5.41 Å². The third kappa shape index (κ3) is 5.51. The first kappa shape index (κ1) is 18.8. The number of rotatable bonds is 5. The van der Waals surface area contributed by atoms with Gasteiger partial charge >= 0.3 is 5.97 Å². The number of ether oxygens (including phenoxy) is 1. The Balaban J connectivity index is 2.63. The lowest BCUT2D eigenvalue weighted by Crippen LogP contribution is -2.48. The third-order valence-electron chi connectivity index (χ3n) is 3.42. The van der Waals surface area contributed by atoms with Crippen molar-refractivity contribution >= 4 is 29.5 Å². The number of likely N-dealkylation sites (N-methyl/N-ethyl adjacent to an activating group) is 1. The second-order valence-electron chi connectivity index (χ2n) is 6.70. The van der Waals surface area contributed by atoms with E-state index < -0.39 is 6.04 Å². The Bertz CT molecular complexity index is 434. The molecule has 0 radical (unpaired) electrons. The van der Waals surface area contributed by atoms with E-state index >= 15 is 0 Å². The maximum Gasteiger partial charge on any atom is 0.307 e. The average molecular weight is 330 g/mol. The molecule has 0 aromatic heterocycles. The summed E-state index contributed by atoms with van der Waals surface area (Å²) < 4.78 is 4.57. The summed E-state index contributed by atoms with van der Waals surface area (Å²) in [7, 11) is 2.98. The maximum atomic E-state index is 12.5. The van der Waals surface area contributed by atoms with Gasteiger partial charge in [-0.25, -0.2) is 0 Å². The van der Waals surface area contributed by atoms with Crippen molar-refractivity contribution in [2.45, 2.75) is 39.7 Å². The number of esters is 1. The molecule has 126 valence electrons. The molecular weight excluding hydrogens is 304 g/mol. The minimum Gasteiger partial charge on any atom is -0.469 e. The predicted molar refractivity (Wildman–Crippen MR) is 86.3 cm³/mol. The molecule has 0 bridgehead atoms. The first-order chi connectivity index (χ1) is 10.2. The lowest BCUT2D eigenvalue weighted by atomic mass is 9.91. The van der Waals surface area contributed by atoms with E-state index in [9.17, 15) is 14.4 Å². The molecule has 0 aromatic rings. The standard InChI is InChI=1S/C15H26N2O4S/c1-15(2,3)8-12(18)17-10-22-9-11(17)14(20)16(4)7-6-13(19)21-5/h11H,6-10H2,1-5H3/t11-/m1/s1. The van der Waals surface area contributed by atoms with Gasteiger partial charge in [0, 0.05) is 25.8 Å². The van der Waals surface area contributed by atoms with Crippen LogP contribution in [0.4, 0.5) is 0 Å². The van der Waals surface area contributed by atoms with Crippen LogP contribution < -0.4 is 0 Å². The molecule has 6 nitrogen and oxygen atoms in total. The van der Waals surface area contributed by atoms with Crippen LogP contribution in [0.5, 0.6) is 0 Å². The van der Waals surface area contributed by atoms with Crippen molar-refractivity contribution in [1.82, 2.24) is 9.80 Å². The zero-order valence-corrected chi connectivity index (χ0v) is 14.9. The van der Waals surface area contributed by atoms with Crippen molar-refractivity contribution in [3.63, 3.8) is 0 Å². The van der Waals surface area contributed by atoms with Crippen LogP contribution >= 0.6 is 11.8 Å². The summed E-state index contributed by atoms with van der Waals surface area (Å²) in [5, 5.41) is 0. The third-order valence-corrected chi connectivity index (χ3v) is 4.44. The number of methoxy groups -OCH3 is 1.